The van der Waals surface area contributed by atoms with Gasteiger partial charge in [-0.15, -0.1) is 0 Å². The molecule has 1 aromatic heterocycles. The zero-order valence-electron chi connectivity index (χ0n) is 17.9. The molecule has 0 saturated carbocycles. The first-order valence-electron chi connectivity index (χ1n) is 10.6. The number of rotatable bonds is 4. The van der Waals surface area contributed by atoms with Crippen molar-refractivity contribution in [3.05, 3.63) is 63.8 Å². The van der Waals surface area contributed by atoms with Crippen LogP contribution in [0.1, 0.15) is 17.7 Å². The van der Waals surface area contributed by atoms with Gasteiger partial charge in [0.1, 0.15) is 5.75 Å². The van der Waals surface area contributed by atoms with E-state index in [0.717, 1.165) is 16.8 Å². The minimum absolute atomic E-state index is 0.0549. The molecule has 7 nitrogen and oxygen atoms in total. The number of ether oxygens (including phenoxy) is 1. The van der Waals surface area contributed by atoms with Gasteiger partial charge in [0.2, 0.25) is 11.8 Å². The molecule has 0 spiro atoms. The van der Waals surface area contributed by atoms with Crippen molar-refractivity contribution in [3.8, 4) is 17.1 Å². The summed E-state index contributed by atoms with van der Waals surface area (Å²) < 4.78 is 11.0. The fraction of sp³-hybridized carbons (Fsp3) is 0.292. The zero-order valence-corrected chi connectivity index (χ0v) is 19.4. The highest BCUT2D eigenvalue weighted by Crippen LogP contribution is 2.37. The molecule has 3 aromatic rings. The standard InChI is InChI=1S/C24H21Cl2N3O4/c1-32-21-7-6-17(26)11-20(21)29-12-15(10-22(29)30)24(31)28-9-8-19-18(13-28)23(33-27-19)14-2-4-16(25)5-3-14/h2-7,11,15H,8-10,12-13H2,1H3. The number of amides is 2. The number of aromatic nitrogens is 1. The first kappa shape index (κ1) is 21.8. The number of benzene rings is 2. The smallest absolute Gasteiger partial charge is 0.228 e. The Morgan fingerprint density at radius 1 is 1.15 bits per heavy atom. The molecule has 3 heterocycles. The summed E-state index contributed by atoms with van der Waals surface area (Å²) in [7, 11) is 1.54. The van der Waals surface area contributed by atoms with Gasteiger partial charge in [0, 0.05) is 47.1 Å². The number of fused-ring (bicyclic) bond motifs is 1. The Morgan fingerprint density at radius 2 is 1.91 bits per heavy atom. The SMILES string of the molecule is COc1ccc(Cl)cc1N1CC(C(=O)N2CCc3noc(-c4ccc(Cl)cc4)c3C2)CC1=O. The molecule has 2 aromatic carbocycles. The van der Waals surface area contributed by atoms with E-state index in [1.165, 1.54) is 0 Å². The average Bonchev–Trinajstić information content (AvgIpc) is 3.42. The molecule has 0 aliphatic carbocycles. The Bertz CT molecular complexity index is 1220. The lowest BCUT2D eigenvalue weighted by Crippen LogP contribution is -2.40. The van der Waals surface area contributed by atoms with Crippen molar-refractivity contribution in [1.29, 1.82) is 0 Å². The van der Waals surface area contributed by atoms with Crippen LogP contribution in [0, 0.1) is 5.92 Å². The first-order chi connectivity index (χ1) is 15.9. The van der Waals surface area contributed by atoms with Crippen LogP contribution in [-0.2, 0) is 22.6 Å². The molecule has 2 aliphatic heterocycles. The van der Waals surface area contributed by atoms with E-state index in [-0.39, 0.29) is 24.8 Å². The van der Waals surface area contributed by atoms with Crippen molar-refractivity contribution in [1.82, 2.24) is 10.1 Å². The van der Waals surface area contributed by atoms with Gasteiger partial charge in [-0.3, -0.25) is 9.59 Å². The van der Waals surface area contributed by atoms with Gasteiger partial charge in [-0.25, -0.2) is 0 Å². The molecule has 0 bridgehead atoms. The molecular weight excluding hydrogens is 465 g/mol. The third-order valence-corrected chi connectivity index (χ3v) is 6.65. The second kappa shape index (κ2) is 8.72. The first-order valence-corrected chi connectivity index (χ1v) is 11.4. The summed E-state index contributed by atoms with van der Waals surface area (Å²) >= 11 is 12.1. The van der Waals surface area contributed by atoms with Crippen molar-refractivity contribution in [2.45, 2.75) is 19.4 Å². The van der Waals surface area contributed by atoms with Crippen LogP contribution < -0.4 is 9.64 Å². The van der Waals surface area contributed by atoms with Crippen LogP contribution in [0.5, 0.6) is 5.75 Å². The summed E-state index contributed by atoms with van der Waals surface area (Å²) in [6.45, 7) is 1.20. The zero-order chi connectivity index (χ0) is 23.1. The maximum absolute atomic E-state index is 13.4. The third kappa shape index (κ3) is 4.07. The Kier molecular flexibility index (Phi) is 5.76. The molecule has 5 rings (SSSR count). The third-order valence-electron chi connectivity index (χ3n) is 6.16. The van der Waals surface area contributed by atoms with E-state index < -0.39 is 5.92 Å². The maximum atomic E-state index is 13.4. The normalized spacial score (nSPS) is 17.9. The Labute approximate surface area is 200 Å². The summed E-state index contributed by atoms with van der Waals surface area (Å²) in [5, 5.41) is 5.34. The predicted octanol–water partition coefficient (Wildman–Crippen LogP) is 4.59. The van der Waals surface area contributed by atoms with Crippen LogP contribution in [0.4, 0.5) is 5.69 Å². The van der Waals surface area contributed by atoms with Gasteiger partial charge >= 0.3 is 0 Å². The largest absolute Gasteiger partial charge is 0.495 e. The van der Waals surface area contributed by atoms with Gasteiger partial charge in [0.05, 0.1) is 31.0 Å². The summed E-state index contributed by atoms with van der Waals surface area (Å²) in [6.07, 6.45) is 0.746. The highest BCUT2D eigenvalue weighted by Gasteiger charge is 2.39. The van der Waals surface area contributed by atoms with Crippen LogP contribution in [0.15, 0.2) is 47.0 Å². The van der Waals surface area contributed by atoms with E-state index in [9.17, 15) is 9.59 Å². The molecule has 33 heavy (non-hydrogen) atoms. The van der Waals surface area contributed by atoms with Gasteiger partial charge < -0.3 is 19.1 Å². The number of carbonyl (C=O) groups excluding carboxylic acids is 2. The second-order valence-corrected chi connectivity index (χ2v) is 9.05. The summed E-state index contributed by atoms with van der Waals surface area (Å²) in [6, 6.07) is 12.4. The number of hydrogen-bond donors (Lipinski definition) is 0. The molecule has 0 radical (unpaired) electrons. The monoisotopic (exact) mass is 485 g/mol. The van der Waals surface area contributed by atoms with E-state index in [1.807, 2.05) is 12.1 Å². The van der Waals surface area contributed by atoms with Crippen LogP contribution in [0.2, 0.25) is 10.0 Å². The summed E-state index contributed by atoms with van der Waals surface area (Å²) in [5.41, 5.74) is 3.19. The highest BCUT2D eigenvalue weighted by atomic mass is 35.5. The number of halogens is 2. The molecule has 9 heteroatoms. The Hall–Kier alpha value is -3.03. The van der Waals surface area contributed by atoms with Gasteiger partial charge in [-0.05, 0) is 42.5 Å². The van der Waals surface area contributed by atoms with Crippen LogP contribution in [0.3, 0.4) is 0 Å². The number of methoxy groups -OCH3 is 1. The van der Waals surface area contributed by atoms with E-state index in [2.05, 4.69) is 5.16 Å². The fourth-order valence-corrected chi connectivity index (χ4v) is 4.76. The molecule has 1 unspecified atom stereocenters. The lowest BCUT2D eigenvalue weighted by molar-refractivity contribution is -0.136. The number of carbonyl (C=O) groups is 2. The van der Waals surface area contributed by atoms with Crippen LogP contribution >= 0.6 is 23.2 Å². The van der Waals surface area contributed by atoms with Crippen molar-refractivity contribution >= 4 is 40.7 Å². The predicted molar refractivity (Wildman–Crippen MR) is 125 cm³/mol. The minimum atomic E-state index is -0.443. The molecule has 1 saturated heterocycles. The quantitative estimate of drug-likeness (QED) is 0.539. The average molecular weight is 486 g/mol. The van der Waals surface area contributed by atoms with E-state index >= 15 is 0 Å². The Balaban J connectivity index is 1.35. The van der Waals surface area contributed by atoms with Crippen molar-refractivity contribution in [2.24, 2.45) is 5.92 Å². The van der Waals surface area contributed by atoms with Crippen LogP contribution in [-0.4, -0.2) is 42.1 Å². The second-order valence-electron chi connectivity index (χ2n) is 8.18. The molecule has 2 amide bonds. The minimum Gasteiger partial charge on any atom is -0.495 e. The molecule has 1 atom stereocenters. The van der Waals surface area contributed by atoms with Gasteiger partial charge in [0.25, 0.3) is 0 Å². The van der Waals surface area contributed by atoms with Gasteiger partial charge in [-0.2, -0.15) is 0 Å². The maximum Gasteiger partial charge on any atom is 0.228 e. The molecule has 2 aliphatic rings. The van der Waals surface area contributed by atoms with E-state index in [1.54, 1.807) is 47.2 Å². The lowest BCUT2D eigenvalue weighted by Gasteiger charge is -2.29. The number of anilines is 1. The van der Waals surface area contributed by atoms with Crippen molar-refractivity contribution < 1.29 is 18.8 Å². The molecular formula is C24H21Cl2N3O4. The number of nitrogens with zero attached hydrogens (tertiary/aromatic N) is 3. The van der Waals surface area contributed by atoms with E-state index in [0.29, 0.717) is 46.8 Å². The topological polar surface area (TPSA) is 75.9 Å². The summed E-state index contributed by atoms with van der Waals surface area (Å²) in [4.78, 5) is 29.6. The lowest BCUT2D eigenvalue weighted by atomic mass is 9.99. The molecule has 1 fully saturated rings. The van der Waals surface area contributed by atoms with Crippen LogP contribution in [0.25, 0.3) is 11.3 Å². The number of hydrogen-bond acceptors (Lipinski definition) is 5. The highest BCUT2D eigenvalue weighted by molar-refractivity contribution is 6.31. The van der Waals surface area contributed by atoms with Crippen molar-refractivity contribution in [3.63, 3.8) is 0 Å². The van der Waals surface area contributed by atoms with Crippen molar-refractivity contribution in [2.75, 3.05) is 25.1 Å². The van der Waals surface area contributed by atoms with E-state index in [4.69, 9.17) is 32.5 Å². The summed E-state index contributed by atoms with van der Waals surface area (Å²) in [5.74, 6) is 0.563. The van der Waals surface area contributed by atoms with Gasteiger partial charge in [-0.1, -0.05) is 28.4 Å². The van der Waals surface area contributed by atoms with Gasteiger partial charge in [0.15, 0.2) is 5.76 Å². The molecule has 170 valence electrons. The Morgan fingerprint density at radius 3 is 2.67 bits per heavy atom. The molecule has 0 N–H and O–H groups in total. The fourth-order valence-electron chi connectivity index (χ4n) is 4.47.